The van der Waals surface area contributed by atoms with E-state index in [0.717, 1.165) is 33.7 Å². The molecule has 0 bridgehead atoms. The van der Waals surface area contributed by atoms with Crippen molar-refractivity contribution in [3.8, 4) is 29.0 Å². The maximum Gasteiger partial charge on any atom is 0.244 e. The van der Waals surface area contributed by atoms with E-state index in [9.17, 15) is 5.26 Å². The van der Waals surface area contributed by atoms with Crippen LogP contribution in [-0.4, -0.2) is 16.8 Å². The lowest BCUT2D eigenvalue weighted by molar-refractivity contribution is 0.340. The number of benzene rings is 2. The molecule has 0 saturated heterocycles. The number of allylic oxidation sites excluding steroid dienone is 1. The van der Waals surface area contributed by atoms with E-state index in [1.54, 1.807) is 0 Å². The van der Waals surface area contributed by atoms with Gasteiger partial charge in [0.1, 0.15) is 17.4 Å². The molecule has 1 aromatic heterocycles. The normalized spacial score (nSPS) is 15.5. The molecule has 3 aromatic rings. The van der Waals surface area contributed by atoms with Crippen LogP contribution in [0.5, 0.6) is 11.6 Å². The predicted molar refractivity (Wildman–Crippen MR) is 106 cm³/mol. The third kappa shape index (κ3) is 2.97. The van der Waals surface area contributed by atoms with Gasteiger partial charge in [0, 0.05) is 5.56 Å². The van der Waals surface area contributed by atoms with Gasteiger partial charge in [-0.15, -0.1) is 5.10 Å². The van der Waals surface area contributed by atoms with Crippen molar-refractivity contribution in [3.05, 3.63) is 76.7 Å². The molecule has 6 nitrogen and oxygen atoms in total. The Hall–Kier alpha value is -3.72. The fraction of sp³-hybridized carbons (Fsp3) is 0.182. The Morgan fingerprint density at radius 2 is 2.04 bits per heavy atom. The number of hydrogen-bond acceptors (Lipinski definition) is 5. The Kier molecular flexibility index (Phi) is 4.50. The van der Waals surface area contributed by atoms with Crippen LogP contribution in [0.1, 0.15) is 29.5 Å². The van der Waals surface area contributed by atoms with Crippen LogP contribution in [0.15, 0.2) is 60.0 Å². The highest BCUT2D eigenvalue weighted by Gasteiger charge is 2.35. The molecule has 2 heterocycles. The van der Waals surface area contributed by atoms with E-state index < -0.39 is 0 Å². The molecule has 0 saturated carbocycles. The quantitative estimate of drug-likeness (QED) is 0.721. The third-order valence-electron chi connectivity index (χ3n) is 4.78. The van der Waals surface area contributed by atoms with Gasteiger partial charge in [0.15, 0.2) is 0 Å². The van der Waals surface area contributed by atoms with Crippen LogP contribution in [0.25, 0.3) is 11.3 Å². The molecule has 140 valence electrons. The van der Waals surface area contributed by atoms with Crippen LogP contribution >= 0.6 is 0 Å². The fourth-order valence-electron chi connectivity index (χ4n) is 3.47. The molecule has 4 rings (SSSR count). The zero-order valence-corrected chi connectivity index (χ0v) is 15.7. The number of nitrogens with one attached hydrogen (secondary N) is 1. The summed E-state index contributed by atoms with van der Waals surface area (Å²) in [6.07, 6.45) is 0. The minimum atomic E-state index is -0.362. The smallest absolute Gasteiger partial charge is 0.244 e. The molecule has 1 unspecified atom stereocenters. The molecule has 0 fully saturated rings. The van der Waals surface area contributed by atoms with Gasteiger partial charge in [-0.25, -0.2) is 0 Å². The highest BCUT2D eigenvalue weighted by atomic mass is 16.5. The largest absolute Gasteiger partial charge is 0.494 e. The van der Waals surface area contributed by atoms with Crippen molar-refractivity contribution < 1.29 is 9.47 Å². The van der Waals surface area contributed by atoms with E-state index in [2.05, 4.69) is 16.3 Å². The van der Waals surface area contributed by atoms with Crippen LogP contribution in [-0.2, 0) is 0 Å². The number of nitrogens with two attached hydrogens (primary N) is 1. The summed E-state index contributed by atoms with van der Waals surface area (Å²) in [4.78, 5) is 0. The van der Waals surface area contributed by atoms with E-state index >= 15 is 0 Å². The van der Waals surface area contributed by atoms with Gasteiger partial charge in [-0.3, -0.25) is 5.10 Å². The maximum atomic E-state index is 9.77. The summed E-state index contributed by atoms with van der Waals surface area (Å²) in [5.41, 5.74) is 11.0. The number of aromatic nitrogens is 2. The SMILES string of the molecule is CCOc1cccc(-c2[nH]nc3c2C(c2ccc(C)cc2)C(C#N)=C(N)O3)c1. The molecule has 0 aliphatic carbocycles. The topological polar surface area (TPSA) is 97.0 Å². The first-order valence-electron chi connectivity index (χ1n) is 9.08. The first-order chi connectivity index (χ1) is 13.6. The average Bonchev–Trinajstić information content (AvgIpc) is 3.11. The Morgan fingerprint density at radius 3 is 2.75 bits per heavy atom. The van der Waals surface area contributed by atoms with Crippen LogP contribution in [0.2, 0.25) is 0 Å². The second-order valence-electron chi connectivity index (χ2n) is 6.61. The molecule has 3 N–H and O–H groups in total. The van der Waals surface area contributed by atoms with E-state index in [1.807, 2.05) is 62.4 Å². The number of rotatable bonds is 4. The lowest BCUT2D eigenvalue weighted by Crippen LogP contribution is -2.21. The molecule has 0 spiro atoms. The van der Waals surface area contributed by atoms with Gasteiger partial charge < -0.3 is 15.2 Å². The molecule has 1 aliphatic rings. The minimum Gasteiger partial charge on any atom is -0.494 e. The number of nitrogens with zero attached hydrogens (tertiary/aromatic N) is 2. The number of nitriles is 1. The second kappa shape index (κ2) is 7.12. The van der Waals surface area contributed by atoms with Gasteiger partial charge in [-0.2, -0.15) is 5.26 Å². The van der Waals surface area contributed by atoms with Crippen LogP contribution in [0.3, 0.4) is 0 Å². The summed E-state index contributed by atoms with van der Waals surface area (Å²) < 4.78 is 11.3. The van der Waals surface area contributed by atoms with Gasteiger partial charge >= 0.3 is 0 Å². The van der Waals surface area contributed by atoms with Gasteiger partial charge in [0.25, 0.3) is 0 Å². The fourth-order valence-corrected chi connectivity index (χ4v) is 3.47. The standard InChI is InChI=1S/C22H20N4O2/c1-3-27-16-6-4-5-15(11-16)20-19-18(14-9-7-13(2)8-10-14)17(12-23)21(24)28-22(19)26-25-20/h4-11,18H,3,24H2,1-2H3,(H,25,26). The number of aromatic amines is 1. The van der Waals surface area contributed by atoms with E-state index in [-0.39, 0.29) is 11.8 Å². The van der Waals surface area contributed by atoms with Crippen molar-refractivity contribution >= 4 is 0 Å². The summed E-state index contributed by atoms with van der Waals surface area (Å²) >= 11 is 0. The van der Waals surface area contributed by atoms with Crippen molar-refractivity contribution in [2.75, 3.05) is 6.61 Å². The molecule has 2 aromatic carbocycles. The Labute approximate surface area is 163 Å². The molecule has 0 amide bonds. The average molecular weight is 372 g/mol. The highest BCUT2D eigenvalue weighted by molar-refractivity contribution is 5.71. The van der Waals surface area contributed by atoms with Crippen LogP contribution < -0.4 is 15.2 Å². The van der Waals surface area contributed by atoms with E-state index in [0.29, 0.717) is 18.1 Å². The monoisotopic (exact) mass is 372 g/mol. The molecule has 1 atom stereocenters. The molecule has 1 aliphatic heterocycles. The molecular formula is C22H20N4O2. The molecular weight excluding hydrogens is 352 g/mol. The Bertz CT molecular complexity index is 1090. The van der Waals surface area contributed by atoms with Crippen molar-refractivity contribution in [1.82, 2.24) is 10.2 Å². The van der Waals surface area contributed by atoms with Crippen molar-refractivity contribution in [3.63, 3.8) is 0 Å². The number of H-pyrrole nitrogens is 1. The highest BCUT2D eigenvalue weighted by Crippen LogP contribution is 2.45. The van der Waals surface area contributed by atoms with Crippen LogP contribution in [0, 0.1) is 18.3 Å². The number of hydrogen-bond donors (Lipinski definition) is 2. The summed E-state index contributed by atoms with van der Waals surface area (Å²) in [6.45, 7) is 4.55. The van der Waals surface area contributed by atoms with Crippen LogP contribution in [0.4, 0.5) is 0 Å². The predicted octanol–water partition coefficient (Wildman–Crippen LogP) is 4.00. The summed E-state index contributed by atoms with van der Waals surface area (Å²) in [5, 5.41) is 17.1. The number of fused-ring (bicyclic) bond motifs is 1. The Balaban J connectivity index is 1.90. The van der Waals surface area contributed by atoms with Gasteiger partial charge in [-0.1, -0.05) is 42.0 Å². The molecule has 0 radical (unpaired) electrons. The van der Waals surface area contributed by atoms with Gasteiger partial charge in [0.05, 0.1) is 23.8 Å². The van der Waals surface area contributed by atoms with Crippen molar-refractivity contribution in [2.45, 2.75) is 19.8 Å². The summed E-state index contributed by atoms with van der Waals surface area (Å²) in [6, 6.07) is 18.0. The van der Waals surface area contributed by atoms with E-state index in [1.165, 1.54) is 0 Å². The minimum absolute atomic E-state index is 0.0849. The number of aryl methyl sites for hydroxylation is 1. The van der Waals surface area contributed by atoms with Crippen molar-refractivity contribution in [1.29, 1.82) is 5.26 Å². The number of ether oxygens (including phenoxy) is 2. The molecule has 28 heavy (non-hydrogen) atoms. The Morgan fingerprint density at radius 1 is 1.25 bits per heavy atom. The van der Waals surface area contributed by atoms with E-state index in [4.69, 9.17) is 15.2 Å². The molecule has 6 heteroatoms. The zero-order valence-electron chi connectivity index (χ0n) is 15.7. The summed E-state index contributed by atoms with van der Waals surface area (Å²) in [7, 11) is 0. The second-order valence-corrected chi connectivity index (χ2v) is 6.61. The van der Waals surface area contributed by atoms with Gasteiger partial charge in [0.2, 0.25) is 11.8 Å². The lowest BCUT2D eigenvalue weighted by atomic mass is 9.83. The third-order valence-corrected chi connectivity index (χ3v) is 4.78. The van der Waals surface area contributed by atoms with Gasteiger partial charge in [-0.05, 0) is 31.5 Å². The maximum absolute atomic E-state index is 9.77. The zero-order chi connectivity index (χ0) is 19.7. The first-order valence-corrected chi connectivity index (χ1v) is 9.08. The van der Waals surface area contributed by atoms with Crippen molar-refractivity contribution in [2.24, 2.45) is 5.73 Å². The first kappa shape index (κ1) is 17.7. The lowest BCUT2D eigenvalue weighted by Gasteiger charge is -2.24. The summed E-state index contributed by atoms with van der Waals surface area (Å²) in [5.74, 6) is 0.877.